The highest BCUT2D eigenvalue weighted by Crippen LogP contribution is 2.24. The Balaban J connectivity index is 1.97. The molecule has 0 spiro atoms. The van der Waals surface area contributed by atoms with Crippen molar-refractivity contribution in [2.24, 2.45) is 5.73 Å². The van der Waals surface area contributed by atoms with Crippen LogP contribution >= 0.6 is 11.6 Å². The number of aromatic nitrogens is 2. The van der Waals surface area contributed by atoms with Crippen molar-refractivity contribution < 1.29 is 14.0 Å². The first kappa shape index (κ1) is 19.4. The lowest BCUT2D eigenvalue weighted by molar-refractivity contribution is -0.118. The third-order valence-corrected chi connectivity index (χ3v) is 4.35. The number of halogens is 2. The first-order valence-corrected chi connectivity index (χ1v) is 8.64. The molecular weight excluding hydrogens is 387 g/mol. The first-order chi connectivity index (χ1) is 13.4. The maximum Gasteiger partial charge on any atom is 0.272 e. The molecule has 1 aromatic heterocycles. The van der Waals surface area contributed by atoms with Gasteiger partial charge in [-0.3, -0.25) is 24.6 Å². The molecule has 0 saturated carbocycles. The molecule has 144 valence electrons. The van der Waals surface area contributed by atoms with Gasteiger partial charge in [0.1, 0.15) is 11.5 Å². The van der Waals surface area contributed by atoms with Crippen LogP contribution in [0.4, 0.5) is 4.39 Å². The van der Waals surface area contributed by atoms with Crippen LogP contribution in [0.1, 0.15) is 28.5 Å². The van der Waals surface area contributed by atoms with E-state index < -0.39 is 29.2 Å². The van der Waals surface area contributed by atoms with Crippen LogP contribution in [-0.4, -0.2) is 22.0 Å². The fourth-order valence-corrected chi connectivity index (χ4v) is 3.05. The molecule has 9 heteroatoms. The maximum absolute atomic E-state index is 14.1. The first-order valence-electron chi connectivity index (χ1n) is 8.27. The van der Waals surface area contributed by atoms with E-state index in [1.165, 1.54) is 18.2 Å². The summed E-state index contributed by atoms with van der Waals surface area (Å²) < 4.78 is 14.1. The molecular formula is C19H16ClFN4O3. The standard InChI is InChI=1S/C19H16ClFN4O3/c20-11-5-3-4-10(8-11)14(9-15(22)26)23-19(28)17-16(18(27)25-24-17)12-6-1-2-7-13(12)21/h1-8,14H,9H2,(H2,22,26)(H,23,28)(H2,24,25,27)/t14-/m0/s1. The van der Waals surface area contributed by atoms with Crippen molar-refractivity contribution in [1.29, 1.82) is 0 Å². The topological polar surface area (TPSA) is 121 Å². The summed E-state index contributed by atoms with van der Waals surface area (Å²) in [6, 6.07) is 11.4. The quantitative estimate of drug-likeness (QED) is 0.506. The van der Waals surface area contributed by atoms with Crippen LogP contribution in [0.5, 0.6) is 0 Å². The molecule has 2 amide bonds. The number of carbonyl (C=O) groups is 2. The van der Waals surface area contributed by atoms with E-state index >= 15 is 0 Å². The molecule has 28 heavy (non-hydrogen) atoms. The summed E-state index contributed by atoms with van der Waals surface area (Å²) in [6.45, 7) is 0. The monoisotopic (exact) mass is 402 g/mol. The minimum Gasteiger partial charge on any atom is -0.370 e. The van der Waals surface area contributed by atoms with E-state index in [9.17, 15) is 18.8 Å². The Kier molecular flexibility index (Phi) is 5.60. The second kappa shape index (κ2) is 8.10. The van der Waals surface area contributed by atoms with Gasteiger partial charge < -0.3 is 11.1 Å². The van der Waals surface area contributed by atoms with Gasteiger partial charge in [0.15, 0.2) is 0 Å². The molecule has 3 rings (SSSR count). The number of hydrogen-bond donors (Lipinski definition) is 4. The molecule has 0 aliphatic heterocycles. The molecule has 3 aromatic rings. The lowest BCUT2D eigenvalue weighted by Gasteiger charge is -2.18. The van der Waals surface area contributed by atoms with Crippen molar-refractivity contribution in [3.8, 4) is 11.1 Å². The van der Waals surface area contributed by atoms with Gasteiger partial charge in [-0.1, -0.05) is 41.9 Å². The highest BCUT2D eigenvalue weighted by Gasteiger charge is 2.24. The van der Waals surface area contributed by atoms with Crippen molar-refractivity contribution in [1.82, 2.24) is 15.5 Å². The second-order valence-electron chi connectivity index (χ2n) is 6.06. The summed E-state index contributed by atoms with van der Waals surface area (Å²) in [5, 5.41) is 7.81. The van der Waals surface area contributed by atoms with Gasteiger partial charge in [0.2, 0.25) is 5.91 Å². The highest BCUT2D eigenvalue weighted by atomic mass is 35.5. The van der Waals surface area contributed by atoms with Crippen LogP contribution in [0.2, 0.25) is 5.02 Å². The summed E-state index contributed by atoms with van der Waals surface area (Å²) in [5.41, 5.74) is 4.88. The number of aromatic amines is 2. The number of rotatable bonds is 6. The van der Waals surface area contributed by atoms with Crippen molar-refractivity contribution in [2.75, 3.05) is 0 Å². The van der Waals surface area contributed by atoms with Crippen molar-refractivity contribution in [3.63, 3.8) is 0 Å². The molecule has 0 radical (unpaired) electrons. The molecule has 1 atom stereocenters. The van der Waals surface area contributed by atoms with Crippen LogP contribution < -0.4 is 16.6 Å². The number of nitrogens with one attached hydrogen (secondary N) is 3. The molecule has 0 unspecified atom stereocenters. The summed E-state index contributed by atoms with van der Waals surface area (Å²) in [4.78, 5) is 36.4. The Bertz CT molecular complexity index is 1090. The minimum absolute atomic E-state index is 0.0237. The van der Waals surface area contributed by atoms with Crippen LogP contribution in [0, 0.1) is 5.82 Å². The van der Waals surface area contributed by atoms with E-state index in [0.717, 1.165) is 0 Å². The Hall–Kier alpha value is -3.39. The fourth-order valence-electron chi connectivity index (χ4n) is 2.86. The minimum atomic E-state index is -0.782. The average Bonchev–Trinajstić information content (AvgIpc) is 3.02. The van der Waals surface area contributed by atoms with Gasteiger partial charge >= 0.3 is 0 Å². The highest BCUT2D eigenvalue weighted by molar-refractivity contribution is 6.30. The number of amides is 2. The molecule has 0 saturated heterocycles. The molecule has 5 N–H and O–H groups in total. The van der Waals surface area contributed by atoms with Crippen molar-refractivity contribution in [3.05, 3.63) is 81.0 Å². The number of benzene rings is 2. The SMILES string of the molecule is NC(=O)C[C@H](NC(=O)c1[nH][nH]c(=O)c1-c1ccccc1F)c1cccc(Cl)c1. The van der Waals surface area contributed by atoms with E-state index in [4.69, 9.17) is 17.3 Å². The van der Waals surface area contributed by atoms with E-state index in [1.807, 2.05) is 0 Å². The van der Waals surface area contributed by atoms with Gasteiger partial charge in [-0.25, -0.2) is 4.39 Å². The van der Waals surface area contributed by atoms with Gasteiger partial charge in [-0.15, -0.1) is 0 Å². The third kappa shape index (κ3) is 4.12. The zero-order valence-electron chi connectivity index (χ0n) is 14.5. The predicted molar refractivity (Wildman–Crippen MR) is 102 cm³/mol. The van der Waals surface area contributed by atoms with E-state index in [2.05, 4.69) is 15.5 Å². The van der Waals surface area contributed by atoms with E-state index in [0.29, 0.717) is 10.6 Å². The molecule has 0 fully saturated rings. The van der Waals surface area contributed by atoms with Gasteiger partial charge in [0, 0.05) is 10.6 Å². The number of carbonyl (C=O) groups excluding carboxylic acids is 2. The van der Waals surface area contributed by atoms with Crippen molar-refractivity contribution in [2.45, 2.75) is 12.5 Å². The number of H-pyrrole nitrogens is 2. The van der Waals surface area contributed by atoms with E-state index in [1.54, 1.807) is 30.3 Å². The molecule has 0 bridgehead atoms. The Labute approximate surface area is 163 Å². The van der Waals surface area contributed by atoms with Gasteiger partial charge in [0.25, 0.3) is 11.5 Å². The molecule has 0 aliphatic carbocycles. The van der Waals surface area contributed by atoms with Crippen molar-refractivity contribution >= 4 is 23.4 Å². The van der Waals surface area contributed by atoms with Gasteiger partial charge in [0.05, 0.1) is 18.0 Å². The molecule has 7 nitrogen and oxygen atoms in total. The number of hydrogen-bond acceptors (Lipinski definition) is 3. The zero-order chi connectivity index (χ0) is 20.3. The third-order valence-electron chi connectivity index (χ3n) is 4.11. The van der Waals surface area contributed by atoms with Crippen LogP contribution in [0.3, 0.4) is 0 Å². The smallest absolute Gasteiger partial charge is 0.272 e. The predicted octanol–water partition coefficient (Wildman–Crippen LogP) is 2.51. The summed E-state index contributed by atoms with van der Waals surface area (Å²) in [5.74, 6) is -1.99. The Morgan fingerprint density at radius 1 is 1.14 bits per heavy atom. The van der Waals surface area contributed by atoms with Gasteiger partial charge in [-0.05, 0) is 23.8 Å². The molecule has 1 heterocycles. The summed E-state index contributed by atoms with van der Waals surface area (Å²) in [7, 11) is 0. The fraction of sp³-hybridized carbons (Fsp3) is 0.105. The normalized spacial score (nSPS) is 11.8. The summed E-state index contributed by atoms with van der Waals surface area (Å²) in [6.07, 6.45) is -0.185. The Morgan fingerprint density at radius 3 is 2.57 bits per heavy atom. The average molecular weight is 403 g/mol. The van der Waals surface area contributed by atoms with Gasteiger partial charge in [-0.2, -0.15) is 0 Å². The van der Waals surface area contributed by atoms with Crippen LogP contribution in [0.25, 0.3) is 11.1 Å². The lowest BCUT2D eigenvalue weighted by Crippen LogP contribution is -2.32. The maximum atomic E-state index is 14.1. The largest absolute Gasteiger partial charge is 0.370 e. The van der Waals surface area contributed by atoms with Crippen LogP contribution in [-0.2, 0) is 4.79 Å². The zero-order valence-corrected chi connectivity index (χ0v) is 15.2. The number of primary amides is 1. The lowest BCUT2D eigenvalue weighted by atomic mass is 10.0. The van der Waals surface area contributed by atoms with Crippen LogP contribution in [0.15, 0.2) is 53.3 Å². The molecule has 0 aliphatic rings. The van der Waals surface area contributed by atoms with E-state index in [-0.39, 0.29) is 23.2 Å². The summed E-state index contributed by atoms with van der Waals surface area (Å²) >= 11 is 5.98. The molecule has 2 aromatic carbocycles. The Morgan fingerprint density at radius 2 is 1.89 bits per heavy atom. The number of nitrogens with two attached hydrogens (primary N) is 1. The second-order valence-corrected chi connectivity index (χ2v) is 6.50.